The Labute approximate surface area is 166 Å². The first kappa shape index (κ1) is 18.9. The van der Waals surface area contributed by atoms with Gasteiger partial charge in [0.2, 0.25) is 0 Å². The molecule has 0 bridgehead atoms. The molecule has 0 saturated heterocycles. The van der Waals surface area contributed by atoms with Crippen molar-refractivity contribution in [3.05, 3.63) is 81.1 Å². The lowest BCUT2D eigenvalue weighted by atomic mass is 10.2. The zero-order valence-corrected chi connectivity index (χ0v) is 15.9. The molecule has 3 rings (SSSR count). The number of aryl methyl sites for hydroxylation is 1. The second-order valence-electron chi connectivity index (χ2n) is 5.79. The van der Waals surface area contributed by atoms with E-state index in [0.29, 0.717) is 28.0 Å². The Bertz CT molecular complexity index is 997. The van der Waals surface area contributed by atoms with E-state index in [1.807, 2.05) is 12.1 Å². The van der Waals surface area contributed by atoms with Gasteiger partial charge in [-0.2, -0.15) is 10.2 Å². The predicted octanol–water partition coefficient (Wildman–Crippen LogP) is 4.02. The van der Waals surface area contributed by atoms with Crippen LogP contribution in [-0.4, -0.2) is 27.0 Å². The number of phenolic OH excluding ortho intramolecular Hbond substituents is 1. The number of halogens is 2. The van der Waals surface area contributed by atoms with Crippen molar-refractivity contribution in [3.8, 4) is 5.75 Å². The van der Waals surface area contributed by atoms with Crippen molar-refractivity contribution in [2.75, 3.05) is 0 Å². The molecule has 0 unspecified atom stereocenters. The van der Waals surface area contributed by atoms with E-state index in [2.05, 4.69) is 15.6 Å². The van der Waals surface area contributed by atoms with Crippen LogP contribution in [0.15, 0.2) is 53.6 Å². The van der Waals surface area contributed by atoms with Crippen LogP contribution in [0.25, 0.3) is 0 Å². The highest BCUT2D eigenvalue weighted by Crippen LogP contribution is 2.20. The van der Waals surface area contributed by atoms with E-state index in [0.717, 1.165) is 5.56 Å². The van der Waals surface area contributed by atoms with Crippen LogP contribution >= 0.6 is 23.2 Å². The minimum absolute atomic E-state index is 0.116. The number of para-hydroxylation sites is 1. The summed E-state index contributed by atoms with van der Waals surface area (Å²) in [5, 5.41) is 19.1. The van der Waals surface area contributed by atoms with E-state index in [1.165, 1.54) is 18.3 Å². The summed E-state index contributed by atoms with van der Waals surface area (Å²) in [6, 6.07) is 13.6. The number of carbonyl (C=O) groups is 1. The van der Waals surface area contributed by atoms with Crippen LogP contribution in [0.5, 0.6) is 5.75 Å². The highest BCUT2D eigenvalue weighted by molar-refractivity contribution is 6.32. The fourth-order valence-corrected chi connectivity index (χ4v) is 2.87. The number of benzene rings is 2. The first-order valence-corrected chi connectivity index (χ1v) is 8.80. The molecule has 8 heteroatoms. The van der Waals surface area contributed by atoms with E-state index >= 15 is 0 Å². The highest BCUT2D eigenvalue weighted by atomic mass is 35.5. The molecule has 2 aromatic carbocycles. The molecule has 138 valence electrons. The van der Waals surface area contributed by atoms with Gasteiger partial charge in [-0.05, 0) is 36.8 Å². The van der Waals surface area contributed by atoms with Gasteiger partial charge in [0.15, 0.2) is 0 Å². The van der Waals surface area contributed by atoms with E-state index in [9.17, 15) is 9.90 Å². The Morgan fingerprint density at radius 3 is 2.63 bits per heavy atom. The van der Waals surface area contributed by atoms with Crippen LogP contribution in [0, 0.1) is 6.92 Å². The summed E-state index contributed by atoms with van der Waals surface area (Å²) in [6.45, 7) is 2.28. The summed E-state index contributed by atoms with van der Waals surface area (Å²) in [6.07, 6.45) is 1.43. The Balaban J connectivity index is 1.72. The Kier molecular flexibility index (Phi) is 5.78. The number of aromatic nitrogens is 2. The quantitative estimate of drug-likeness (QED) is 0.499. The maximum Gasteiger partial charge on any atom is 0.275 e. The molecule has 0 aliphatic rings. The van der Waals surface area contributed by atoms with Crippen LogP contribution < -0.4 is 5.43 Å². The minimum atomic E-state index is -0.522. The largest absolute Gasteiger partial charge is 0.507 e. The maximum absolute atomic E-state index is 12.0. The Hall–Kier alpha value is -2.83. The molecule has 0 saturated carbocycles. The lowest BCUT2D eigenvalue weighted by Gasteiger charge is -2.04. The average Bonchev–Trinajstić information content (AvgIpc) is 2.91. The number of phenols is 1. The Morgan fingerprint density at radius 1 is 1.22 bits per heavy atom. The van der Waals surface area contributed by atoms with Gasteiger partial charge in [0, 0.05) is 5.02 Å². The van der Waals surface area contributed by atoms with Crippen molar-refractivity contribution in [1.82, 2.24) is 15.2 Å². The number of rotatable bonds is 5. The predicted molar refractivity (Wildman–Crippen MR) is 106 cm³/mol. The minimum Gasteiger partial charge on any atom is -0.507 e. The summed E-state index contributed by atoms with van der Waals surface area (Å²) in [5.74, 6) is -0.637. The number of carbonyl (C=O) groups excluding carboxylic acids is 1. The number of hydrogen-bond acceptors (Lipinski definition) is 4. The topological polar surface area (TPSA) is 79.5 Å². The molecule has 27 heavy (non-hydrogen) atoms. The normalized spacial score (nSPS) is 11.1. The fraction of sp³-hybridized carbons (Fsp3) is 0.105. The Morgan fingerprint density at radius 2 is 1.93 bits per heavy atom. The molecule has 1 aromatic heterocycles. The first-order chi connectivity index (χ1) is 13.0. The fourth-order valence-electron chi connectivity index (χ4n) is 2.46. The van der Waals surface area contributed by atoms with Gasteiger partial charge in [0.25, 0.3) is 5.91 Å². The van der Waals surface area contributed by atoms with Gasteiger partial charge in [-0.25, -0.2) is 10.1 Å². The lowest BCUT2D eigenvalue weighted by molar-refractivity contribution is 0.0952. The number of hydrazone groups is 1. The van der Waals surface area contributed by atoms with Crippen LogP contribution in [0.1, 0.15) is 27.2 Å². The third kappa shape index (κ3) is 4.48. The van der Waals surface area contributed by atoms with Crippen molar-refractivity contribution in [1.29, 1.82) is 0 Å². The molecule has 3 aromatic rings. The van der Waals surface area contributed by atoms with Crippen molar-refractivity contribution >= 4 is 35.3 Å². The smallest absolute Gasteiger partial charge is 0.275 e. The van der Waals surface area contributed by atoms with Crippen LogP contribution in [0.4, 0.5) is 0 Å². The van der Waals surface area contributed by atoms with Gasteiger partial charge >= 0.3 is 0 Å². The van der Waals surface area contributed by atoms with Gasteiger partial charge in [0.1, 0.15) is 10.9 Å². The molecule has 1 amide bonds. The molecule has 0 aliphatic heterocycles. The zero-order chi connectivity index (χ0) is 19.4. The van der Waals surface area contributed by atoms with E-state index < -0.39 is 5.91 Å². The van der Waals surface area contributed by atoms with E-state index in [4.69, 9.17) is 23.2 Å². The summed E-state index contributed by atoms with van der Waals surface area (Å²) in [7, 11) is 0. The molecule has 0 radical (unpaired) electrons. The van der Waals surface area contributed by atoms with Crippen molar-refractivity contribution in [2.24, 2.45) is 5.10 Å². The van der Waals surface area contributed by atoms with Crippen LogP contribution in [0.3, 0.4) is 0 Å². The molecule has 2 N–H and O–H groups in total. The summed E-state index contributed by atoms with van der Waals surface area (Å²) >= 11 is 12.3. The van der Waals surface area contributed by atoms with Crippen molar-refractivity contribution in [3.63, 3.8) is 0 Å². The van der Waals surface area contributed by atoms with Crippen LogP contribution in [0.2, 0.25) is 10.2 Å². The molecule has 0 spiro atoms. The van der Waals surface area contributed by atoms with Crippen LogP contribution in [-0.2, 0) is 6.54 Å². The molecule has 0 aliphatic carbocycles. The second-order valence-corrected chi connectivity index (χ2v) is 6.58. The van der Waals surface area contributed by atoms with Gasteiger partial charge in [0.05, 0.1) is 29.6 Å². The monoisotopic (exact) mass is 402 g/mol. The third-order valence-corrected chi connectivity index (χ3v) is 4.51. The molecular weight excluding hydrogens is 387 g/mol. The van der Waals surface area contributed by atoms with Gasteiger partial charge in [-0.3, -0.25) is 4.79 Å². The number of aromatic hydroxyl groups is 1. The summed E-state index contributed by atoms with van der Waals surface area (Å²) < 4.78 is 1.65. The van der Waals surface area contributed by atoms with Crippen molar-refractivity contribution in [2.45, 2.75) is 13.5 Å². The molecular formula is C19H16Cl2N4O2. The number of hydrogen-bond donors (Lipinski definition) is 2. The van der Waals surface area contributed by atoms with Gasteiger partial charge in [-0.15, -0.1) is 0 Å². The molecule has 6 nitrogen and oxygen atoms in total. The number of amides is 1. The summed E-state index contributed by atoms with van der Waals surface area (Å²) in [4.78, 5) is 12.0. The van der Waals surface area contributed by atoms with E-state index in [1.54, 1.807) is 35.9 Å². The van der Waals surface area contributed by atoms with E-state index in [-0.39, 0.29) is 11.3 Å². The van der Waals surface area contributed by atoms with Gasteiger partial charge in [-0.1, -0.05) is 47.5 Å². The highest BCUT2D eigenvalue weighted by Gasteiger charge is 2.13. The second kappa shape index (κ2) is 8.24. The maximum atomic E-state index is 12.0. The van der Waals surface area contributed by atoms with Gasteiger partial charge < -0.3 is 5.11 Å². The SMILES string of the molecule is Cc1nn(Cc2ccc(Cl)cc2)c(Cl)c1C=NNC(=O)c1ccccc1O. The number of nitrogens with zero attached hydrogens (tertiary/aromatic N) is 3. The molecule has 1 heterocycles. The third-order valence-electron chi connectivity index (χ3n) is 3.86. The first-order valence-electron chi connectivity index (χ1n) is 8.04. The molecule has 0 atom stereocenters. The number of nitrogens with one attached hydrogen (secondary N) is 1. The average molecular weight is 403 g/mol. The zero-order valence-electron chi connectivity index (χ0n) is 14.4. The lowest BCUT2D eigenvalue weighted by Crippen LogP contribution is -2.17. The summed E-state index contributed by atoms with van der Waals surface area (Å²) in [5.41, 5.74) is 4.78. The standard InChI is InChI=1S/C19H16Cl2N4O2/c1-12-16(10-22-23-19(27)15-4-2-3-5-17(15)26)18(21)25(24-12)11-13-6-8-14(20)9-7-13/h2-10,26H,11H2,1H3,(H,23,27). The molecule has 0 fully saturated rings. The van der Waals surface area contributed by atoms with Crippen molar-refractivity contribution < 1.29 is 9.90 Å².